The number of carbonyl (C=O) groups excluding carboxylic acids is 2. The highest BCUT2D eigenvalue weighted by Crippen LogP contribution is 2.18. The van der Waals surface area contributed by atoms with E-state index < -0.39 is 0 Å². The third-order valence-electron chi connectivity index (χ3n) is 3.59. The Bertz CT molecular complexity index is 724. The van der Waals surface area contributed by atoms with Crippen molar-refractivity contribution >= 4 is 17.6 Å². The molecule has 1 aromatic heterocycles. The first kappa shape index (κ1) is 17.6. The Morgan fingerprint density at radius 2 is 1.75 bits per heavy atom. The first-order valence-electron chi connectivity index (χ1n) is 7.86. The lowest BCUT2D eigenvalue weighted by atomic mass is 10.1. The number of urea groups is 1. The molecule has 6 nitrogen and oxygen atoms in total. The van der Waals surface area contributed by atoms with Crippen molar-refractivity contribution in [2.45, 2.75) is 39.8 Å². The van der Waals surface area contributed by atoms with Gasteiger partial charge in [0.05, 0.1) is 12.1 Å². The minimum absolute atomic E-state index is 0.131. The van der Waals surface area contributed by atoms with Gasteiger partial charge >= 0.3 is 6.03 Å². The highest BCUT2D eigenvalue weighted by molar-refractivity contribution is 5.88. The molecular weight excluding hydrogens is 306 g/mol. The molecule has 0 spiro atoms. The number of carbonyl (C=O) groups is 2. The van der Waals surface area contributed by atoms with E-state index >= 15 is 0 Å². The number of benzene rings is 1. The highest BCUT2D eigenvalue weighted by Gasteiger charge is 2.15. The monoisotopic (exact) mass is 329 g/mol. The maximum atomic E-state index is 12.1. The molecule has 0 aliphatic rings. The van der Waals surface area contributed by atoms with Crippen LogP contribution in [0.4, 0.5) is 10.5 Å². The quantitative estimate of drug-likeness (QED) is 0.782. The summed E-state index contributed by atoms with van der Waals surface area (Å²) in [6.45, 7) is 7.06. The summed E-state index contributed by atoms with van der Waals surface area (Å²) >= 11 is 0. The van der Waals surface area contributed by atoms with Gasteiger partial charge in [-0.05, 0) is 50.6 Å². The largest absolute Gasteiger partial charge is 0.464 e. The molecule has 1 aromatic carbocycles. The lowest BCUT2D eigenvalue weighted by Crippen LogP contribution is -2.38. The van der Waals surface area contributed by atoms with Gasteiger partial charge in [0.15, 0.2) is 0 Å². The second-order valence-corrected chi connectivity index (χ2v) is 5.82. The van der Waals surface area contributed by atoms with Crippen LogP contribution in [0.15, 0.2) is 40.8 Å². The van der Waals surface area contributed by atoms with E-state index in [9.17, 15) is 9.59 Å². The number of rotatable bonds is 5. The Balaban J connectivity index is 1.94. The van der Waals surface area contributed by atoms with Crippen LogP contribution >= 0.6 is 0 Å². The average molecular weight is 329 g/mol. The molecule has 2 rings (SSSR count). The van der Waals surface area contributed by atoms with Gasteiger partial charge < -0.3 is 20.4 Å². The second kappa shape index (κ2) is 7.68. The van der Waals surface area contributed by atoms with E-state index in [1.807, 2.05) is 51.1 Å². The minimum atomic E-state index is -0.283. The van der Waals surface area contributed by atoms with E-state index in [1.54, 1.807) is 6.07 Å². The molecule has 128 valence electrons. The summed E-state index contributed by atoms with van der Waals surface area (Å²) in [6, 6.07) is 10.4. The highest BCUT2D eigenvalue weighted by atomic mass is 16.3. The topological polar surface area (TPSA) is 83.4 Å². The molecule has 2 atom stereocenters. The van der Waals surface area contributed by atoms with Crippen LogP contribution in [-0.2, 0) is 4.79 Å². The van der Waals surface area contributed by atoms with Crippen LogP contribution in [0, 0.1) is 6.92 Å². The molecule has 0 bridgehead atoms. The fraction of sp³-hybridized carbons (Fsp3) is 0.333. The Labute approximate surface area is 141 Å². The van der Waals surface area contributed by atoms with Gasteiger partial charge in [-0.3, -0.25) is 4.79 Å². The Morgan fingerprint density at radius 1 is 1.04 bits per heavy atom. The van der Waals surface area contributed by atoms with Crippen molar-refractivity contribution in [1.29, 1.82) is 0 Å². The van der Waals surface area contributed by atoms with Crippen molar-refractivity contribution in [3.63, 3.8) is 0 Å². The lowest BCUT2D eigenvalue weighted by molar-refractivity contribution is -0.114. The van der Waals surface area contributed by atoms with Crippen LogP contribution in [0.1, 0.15) is 49.9 Å². The van der Waals surface area contributed by atoms with Crippen LogP contribution in [0.3, 0.4) is 0 Å². The van der Waals surface area contributed by atoms with Gasteiger partial charge in [0.1, 0.15) is 11.5 Å². The molecular formula is C18H23N3O3. The van der Waals surface area contributed by atoms with Crippen molar-refractivity contribution in [1.82, 2.24) is 10.6 Å². The van der Waals surface area contributed by atoms with Crippen LogP contribution in [0.2, 0.25) is 0 Å². The van der Waals surface area contributed by atoms with Gasteiger partial charge in [-0.2, -0.15) is 0 Å². The number of anilines is 1. The van der Waals surface area contributed by atoms with Gasteiger partial charge in [-0.25, -0.2) is 4.79 Å². The second-order valence-electron chi connectivity index (χ2n) is 5.82. The molecule has 3 N–H and O–H groups in total. The first-order valence-corrected chi connectivity index (χ1v) is 7.86. The van der Waals surface area contributed by atoms with Gasteiger partial charge in [0.2, 0.25) is 5.91 Å². The van der Waals surface area contributed by atoms with Crippen molar-refractivity contribution in [2.75, 3.05) is 5.32 Å². The summed E-state index contributed by atoms with van der Waals surface area (Å²) in [5, 5.41) is 8.45. The molecule has 2 unspecified atom stereocenters. The van der Waals surface area contributed by atoms with Crippen LogP contribution < -0.4 is 16.0 Å². The maximum Gasteiger partial charge on any atom is 0.315 e. The van der Waals surface area contributed by atoms with Crippen LogP contribution in [0.25, 0.3) is 0 Å². The Hall–Kier alpha value is -2.76. The lowest BCUT2D eigenvalue weighted by Gasteiger charge is -2.18. The van der Waals surface area contributed by atoms with E-state index in [2.05, 4.69) is 16.0 Å². The number of hydrogen-bond donors (Lipinski definition) is 3. The van der Waals surface area contributed by atoms with E-state index in [0.717, 1.165) is 11.3 Å². The normalized spacial score (nSPS) is 13.0. The molecule has 0 aliphatic carbocycles. The molecule has 0 saturated heterocycles. The van der Waals surface area contributed by atoms with Crippen LogP contribution in [0.5, 0.6) is 0 Å². The first-order chi connectivity index (χ1) is 11.3. The number of amides is 3. The summed E-state index contributed by atoms with van der Waals surface area (Å²) in [6.07, 6.45) is 0. The molecule has 0 fully saturated rings. The Kier molecular flexibility index (Phi) is 5.63. The fourth-order valence-electron chi connectivity index (χ4n) is 2.36. The van der Waals surface area contributed by atoms with Crippen molar-refractivity contribution in [3.8, 4) is 0 Å². The van der Waals surface area contributed by atoms with Gasteiger partial charge in [-0.1, -0.05) is 12.1 Å². The standard InChI is InChI=1S/C18H23N3O3/c1-11-8-9-17(24-11)13(3)20-18(23)19-12(2)15-6-5-7-16(10-15)21-14(4)22/h5-10,12-13H,1-4H3,(H,21,22)(H2,19,20,23). The summed E-state index contributed by atoms with van der Waals surface area (Å²) in [5.41, 5.74) is 1.60. The zero-order chi connectivity index (χ0) is 17.7. The molecule has 1 heterocycles. The summed E-state index contributed by atoms with van der Waals surface area (Å²) in [5.74, 6) is 1.39. The molecule has 24 heavy (non-hydrogen) atoms. The smallest absolute Gasteiger partial charge is 0.315 e. The number of aryl methyl sites for hydroxylation is 1. The predicted molar refractivity (Wildman–Crippen MR) is 92.7 cm³/mol. The Morgan fingerprint density at radius 3 is 2.38 bits per heavy atom. The van der Waals surface area contributed by atoms with Crippen molar-refractivity contribution < 1.29 is 14.0 Å². The molecule has 3 amide bonds. The maximum absolute atomic E-state index is 12.1. The summed E-state index contributed by atoms with van der Waals surface area (Å²) < 4.78 is 5.51. The van der Waals surface area contributed by atoms with Gasteiger partial charge in [0, 0.05) is 12.6 Å². The fourth-order valence-corrected chi connectivity index (χ4v) is 2.36. The number of nitrogens with one attached hydrogen (secondary N) is 3. The van der Waals surface area contributed by atoms with E-state index in [0.29, 0.717) is 11.4 Å². The van der Waals surface area contributed by atoms with Crippen LogP contribution in [-0.4, -0.2) is 11.9 Å². The van der Waals surface area contributed by atoms with E-state index in [-0.39, 0.29) is 24.0 Å². The molecule has 0 aliphatic heterocycles. The zero-order valence-corrected chi connectivity index (χ0v) is 14.3. The van der Waals surface area contributed by atoms with Crippen molar-refractivity contribution in [3.05, 3.63) is 53.5 Å². The van der Waals surface area contributed by atoms with E-state index in [1.165, 1.54) is 6.92 Å². The predicted octanol–water partition coefficient (Wildman–Crippen LogP) is 3.67. The number of furan rings is 1. The van der Waals surface area contributed by atoms with Crippen molar-refractivity contribution in [2.24, 2.45) is 0 Å². The molecule has 0 saturated carbocycles. The molecule has 2 aromatic rings. The average Bonchev–Trinajstić information content (AvgIpc) is 2.93. The van der Waals surface area contributed by atoms with Gasteiger partial charge in [-0.15, -0.1) is 0 Å². The SMILES string of the molecule is CC(=O)Nc1cccc(C(C)NC(=O)NC(C)c2ccc(C)o2)c1. The third-order valence-corrected chi connectivity index (χ3v) is 3.59. The minimum Gasteiger partial charge on any atom is -0.464 e. The van der Waals surface area contributed by atoms with Gasteiger partial charge in [0.25, 0.3) is 0 Å². The molecule has 6 heteroatoms. The summed E-state index contributed by atoms with van der Waals surface area (Å²) in [4.78, 5) is 23.3. The number of hydrogen-bond acceptors (Lipinski definition) is 3. The zero-order valence-electron chi connectivity index (χ0n) is 14.3. The third kappa shape index (κ3) is 4.87. The molecule has 0 radical (unpaired) electrons. The van der Waals surface area contributed by atoms with E-state index in [4.69, 9.17) is 4.42 Å². The summed E-state index contributed by atoms with van der Waals surface area (Å²) in [7, 11) is 0.